The molecule has 1 heterocycles. The first-order valence-electron chi connectivity index (χ1n) is 11.4. The van der Waals surface area contributed by atoms with Gasteiger partial charge in [0.15, 0.2) is 0 Å². The van der Waals surface area contributed by atoms with Crippen LogP contribution in [0.1, 0.15) is 44.6 Å². The SMILES string of the molecule is CC(N)C(=O)N1CCCC1C(=O)NC(Cc1ccccc1)C(=O)NC(CCCCN)C(=O)O. The van der Waals surface area contributed by atoms with Crippen LogP contribution in [0.15, 0.2) is 30.3 Å². The molecule has 0 aliphatic carbocycles. The second-order valence-electron chi connectivity index (χ2n) is 8.41. The Labute approximate surface area is 194 Å². The number of amides is 3. The van der Waals surface area contributed by atoms with Crippen molar-refractivity contribution < 1.29 is 24.3 Å². The molecule has 7 N–H and O–H groups in total. The van der Waals surface area contributed by atoms with E-state index in [1.165, 1.54) is 4.90 Å². The van der Waals surface area contributed by atoms with E-state index in [9.17, 15) is 24.3 Å². The zero-order chi connectivity index (χ0) is 24.4. The zero-order valence-electron chi connectivity index (χ0n) is 19.0. The molecule has 10 heteroatoms. The summed E-state index contributed by atoms with van der Waals surface area (Å²) in [5, 5.41) is 14.8. The van der Waals surface area contributed by atoms with Crippen LogP contribution in [0.25, 0.3) is 0 Å². The predicted octanol–water partition coefficient (Wildman–Crippen LogP) is -0.249. The van der Waals surface area contributed by atoms with Crippen molar-refractivity contribution in [3.8, 4) is 0 Å². The summed E-state index contributed by atoms with van der Waals surface area (Å²) in [6, 6.07) is 5.60. The molecule has 0 bridgehead atoms. The maximum atomic E-state index is 13.1. The number of nitrogens with zero attached hydrogens (tertiary/aromatic N) is 1. The van der Waals surface area contributed by atoms with Gasteiger partial charge in [-0.25, -0.2) is 4.79 Å². The number of rotatable bonds is 12. The summed E-state index contributed by atoms with van der Waals surface area (Å²) in [4.78, 5) is 51.6. The minimum atomic E-state index is -1.14. The monoisotopic (exact) mass is 461 g/mol. The third-order valence-electron chi connectivity index (χ3n) is 5.71. The fraction of sp³-hybridized carbons (Fsp3) is 0.565. The molecular formula is C23H35N5O5. The quantitative estimate of drug-likeness (QED) is 0.267. The lowest BCUT2D eigenvalue weighted by molar-refractivity contribution is -0.143. The molecular weight excluding hydrogens is 426 g/mol. The van der Waals surface area contributed by atoms with Crippen LogP contribution in [0.3, 0.4) is 0 Å². The average molecular weight is 462 g/mol. The van der Waals surface area contributed by atoms with Gasteiger partial charge in [0, 0.05) is 13.0 Å². The average Bonchev–Trinajstić information content (AvgIpc) is 3.28. The molecule has 2 rings (SSSR count). The standard InChI is InChI=1S/C23H35N5O5/c1-15(25)22(31)28-13-7-11-19(28)21(30)27-18(14-16-8-3-2-4-9-16)20(29)26-17(23(32)33)10-5-6-12-24/h2-4,8-9,15,17-19H,5-7,10-14,24-25H2,1H3,(H,26,29)(H,27,30)(H,32,33). The molecule has 4 atom stereocenters. The first-order chi connectivity index (χ1) is 15.7. The van der Waals surface area contributed by atoms with E-state index in [2.05, 4.69) is 10.6 Å². The second-order valence-corrected chi connectivity index (χ2v) is 8.41. The van der Waals surface area contributed by atoms with Crippen LogP contribution < -0.4 is 22.1 Å². The number of likely N-dealkylation sites (tertiary alicyclic amines) is 1. The Bertz CT molecular complexity index is 817. The van der Waals surface area contributed by atoms with Gasteiger partial charge in [-0.3, -0.25) is 14.4 Å². The Morgan fingerprint density at radius 3 is 2.42 bits per heavy atom. The Balaban J connectivity index is 2.15. The summed E-state index contributed by atoms with van der Waals surface area (Å²) in [6.07, 6.45) is 2.76. The smallest absolute Gasteiger partial charge is 0.326 e. The number of carboxylic acids is 1. The van der Waals surface area contributed by atoms with E-state index in [-0.39, 0.29) is 18.7 Å². The Hall–Kier alpha value is -2.98. The highest BCUT2D eigenvalue weighted by Gasteiger charge is 2.37. The molecule has 1 aromatic rings. The number of carbonyl (C=O) groups excluding carboxylic acids is 3. The predicted molar refractivity (Wildman–Crippen MR) is 123 cm³/mol. The van der Waals surface area contributed by atoms with Crippen LogP contribution >= 0.6 is 0 Å². The fourth-order valence-corrected chi connectivity index (χ4v) is 3.91. The van der Waals surface area contributed by atoms with Gasteiger partial charge in [0.2, 0.25) is 17.7 Å². The number of hydrogen-bond donors (Lipinski definition) is 5. The van der Waals surface area contributed by atoms with Crippen LogP contribution in [0, 0.1) is 0 Å². The normalized spacial score (nSPS) is 18.3. The van der Waals surface area contributed by atoms with Crippen LogP contribution in [0.5, 0.6) is 0 Å². The summed E-state index contributed by atoms with van der Waals surface area (Å²) >= 11 is 0. The molecule has 0 aromatic heterocycles. The maximum absolute atomic E-state index is 13.1. The Morgan fingerprint density at radius 2 is 1.82 bits per heavy atom. The van der Waals surface area contributed by atoms with Crippen LogP contribution in [0.2, 0.25) is 0 Å². The van der Waals surface area contributed by atoms with Gasteiger partial charge >= 0.3 is 5.97 Å². The van der Waals surface area contributed by atoms with E-state index >= 15 is 0 Å². The van der Waals surface area contributed by atoms with E-state index in [1.807, 2.05) is 30.3 Å². The van der Waals surface area contributed by atoms with Crippen molar-refractivity contribution in [1.82, 2.24) is 15.5 Å². The lowest BCUT2D eigenvalue weighted by Crippen LogP contribution is -2.57. The van der Waals surface area contributed by atoms with Gasteiger partial charge in [-0.05, 0) is 51.1 Å². The molecule has 0 saturated carbocycles. The van der Waals surface area contributed by atoms with E-state index in [0.29, 0.717) is 38.8 Å². The topological polar surface area (TPSA) is 168 Å². The number of nitrogens with two attached hydrogens (primary N) is 2. The van der Waals surface area contributed by atoms with Crippen LogP contribution in [-0.2, 0) is 25.6 Å². The van der Waals surface area contributed by atoms with Gasteiger partial charge in [-0.15, -0.1) is 0 Å². The van der Waals surface area contributed by atoms with Crippen molar-refractivity contribution in [3.63, 3.8) is 0 Å². The molecule has 1 fully saturated rings. The minimum absolute atomic E-state index is 0.182. The molecule has 0 radical (unpaired) electrons. The van der Waals surface area contributed by atoms with Gasteiger partial charge < -0.3 is 32.1 Å². The minimum Gasteiger partial charge on any atom is -0.480 e. The molecule has 4 unspecified atom stereocenters. The second kappa shape index (κ2) is 12.9. The molecule has 33 heavy (non-hydrogen) atoms. The largest absolute Gasteiger partial charge is 0.480 e. The van der Waals surface area contributed by atoms with Crippen molar-refractivity contribution in [1.29, 1.82) is 0 Å². The number of carboxylic acid groups (broad SMARTS) is 1. The summed E-state index contributed by atoms with van der Waals surface area (Å²) < 4.78 is 0. The zero-order valence-corrected chi connectivity index (χ0v) is 19.0. The van der Waals surface area contributed by atoms with E-state index < -0.39 is 42.0 Å². The van der Waals surface area contributed by atoms with Crippen molar-refractivity contribution in [2.24, 2.45) is 11.5 Å². The molecule has 1 aliphatic heterocycles. The highest BCUT2D eigenvalue weighted by molar-refractivity contribution is 5.94. The highest BCUT2D eigenvalue weighted by atomic mass is 16.4. The Morgan fingerprint density at radius 1 is 1.12 bits per heavy atom. The van der Waals surface area contributed by atoms with Gasteiger partial charge in [0.05, 0.1) is 6.04 Å². The number of benzene rings is 1. The number of unbranched alkanes of at least 4 members (excludes halogenated alkanes) is 1. The highest BCUT2D eigenvalue weighted by Crippen LogP contribution is 2.19. The van der Waals surface area contributed by atoms with Crippen LogP contribution in [0.4, 0.5) is 0 Å². The van der Waals surface area contributed by atoms with Gasteiger partial charge in [-0.1, -0.05) is 30.3 Å². The molecule has 1 saturated heterocycles. The van der Waals surface area contributed by atoms with Crippen LogP contribution in [-0.4, -0.2) is 71.0 Å². The first kappa shape index (κ1) is 26.3. The summed E-state index contributed by atoms with van der Waals surface area (Å²) in [6.45, 7) is 2.43. The van der Waals surface area contributed by atoms with Gasteiger partial charge in [0.25, 0.3) is 0 Å². The van der Waals surface area contributed by atoms with E-state index in [1.54, 1.807) is 6.92 Å². The molecule has 0 spiro atoms. The van der Waals surface area contributed by atoms with Crippen molar-refractivity contribution >= 4 is 23.7 Å². The van der Waals surface area contributed by atoms with Crippen molar-refractivity contribution in [2.45, 2.75) is 69.6 Å². The lowest BCUT2D eigenvalue weighted by atomic mass is 10.0. The molecule has 1 aromatic carbocycles. The van der Waals surface area contributed by atoms with E-state index in [0.717, 1.165) is 5.56 Å². The molecule has 1 aliphatic rings. The van der Waals surface area contributed by atoms with E-state index in [4.69, 9.17) is 11.5 Å². The van der Waals surface area contributed by atoms with Gasteiger partial charge in [-0.2, -0.15) is 0 Å². The maximum Gasteiger partial charge on any atom is 0.326 e. The summed E-state index contributed by atoms with van der Waals surface area (Å²) in [5.41, 5.74) is 12.0. The van der Waals surface area contributed by atoms with Gasteiger partial charge in [0.1, 0.15) is 18.1 Å². The molecule has 10 nitrogen and oxygen atoms in total. The number of carbonyl (C=O) groups is 4. The van der Waals surface area contributed by atoms with Crippen molar-refractivity contribution in [3.05, 3.63) is 35.9 Å². The molecule has 3 amide bonds. The number of nitrogens with one attached hydrogen (secondary N) is 2. The molecule has 182 valence electrons. The number of aliphatic carboxylic acids is 1. The number of hydrogen-bond acceptors (Lipinski definition) is 6. The first-order valence-corrected chi connectivity index (χ1v) is 11.4. The third-order valence-corrected chi connectivity index (χ3v) is 5.71. The summed E-state index contributed by atoms with van der Waals surface area (Å²) in [7, 11) is 0. The lowest BCUT2D eigenvalue weighted by Gasteiger charge is -2.28. The Kier molecular flexibility index (Phi) is 10.3. The fourth-order valence-electron chi connectivity index (χ4n) is 3.91. The summed E-state index contributed by atoms with van der Waals surface area (Å²) in [5.74, 6) is -2.50. The van der Waals surface area contributed by atoms with Crippen molar-refractivity contribution in [2.75, 3.05) is 13.1 Å². The third kappa shape index (κ3) is 7.83.